The van der Waals surface area contributed by atoms with Gasteiger partial charge in [-0.25, -0.2) is 0 Å². The largest absolute Gasteiger partial charge is 0.507 e. The highest BCUT2D eigenvalue weighted by Gasteiger charge is 2.46. The molecule has 8 nitrogen and oxygen atoms in total. The minimum Gasteiger partial charge on any atom is -0.507 e. The van der Waals surface area contributed by atoms with Crippen LogP contribution in [0.3, 0.4) is 0 Å². The number of aliphatic hydroxyl groups is 1. The Kier molecular flexibility index (Phi) is 7.27. The molecule has 0 saturated carbocycles. The van der Waals surface area contributed by atoms with Gasteiger partial charge in [-0.05, 0) is 55.8 Å². The minimum atomic E-state index is -0.846. The summed E-state index contributed by atoms with van der Waals surface area (Å²) in [6, 6.07) is 11.1. The molecule has 3 rings (SSSR count). The van der Waals surface area contributed by atoms with Gasteiger partial charge in [0, 0.05) is 22.7 Å². The smallest absolute Gasteiger partial charge is 0.295 e. The van der Waals surface area contributed by atoms with Gasteiger partial charge in [-0.1, -0.05) is 11.6 Å². The maximum absolute atomic E-state index is 13.0. The number of aliphatic hydroxyl groups excluding tert-OH is 1. The number of likely N-dealkylation sites (N-methyl/N-ethyl adjacent to an activating group) is 1. The molecule has 168 valence electrons. The Morgan fingerprint density at radius 3 is 2.22 bits per heavy atom. The van der Waals surface area contributed by atoms with Crippen LogP contribution in [0.25, 0.3) is 5.76 Å². The summed E-state index contributed by atoms with van der Waals surface area (Å²) in [4.78, 5) is 39.2. The van der Waals surface area contributed by atoms with Crippen molar-refractivity contribution < 1.29 is 24.5 Å². The van der Waals surface area contributed by atoms with Crippen LogP contribution in [0.4, 0.5) is 5.69 Å². The van der Waals surface area contributed by atoms with Gasteiger partial charge in [-0.3, -0.25) is 19.7 Å². The van der Waals surface area contributed by atoms with E-state index < -0.39 is 22.7 Å². The van der Waals surface area contributed by atoms with Crippen LogP contribution in [0.5, 0.6) is 0 Å². The third-order valence-corrected chi connectivity index (χ3v) is 6.04. The second kappa shape index (κ2) is 9.93. The van der Waals surface area contributed by atoms with Crippen molar-refractivity contribution in [2.24, 2.45) is 0 Å². The van der Waals surface area contributed by atoms with Gasteiger partial charge in [0.05, 0.1) is 42.7 Å². The second-order valence-electron chi connectivity index (χ2n) is 7.56. The number of nitrogens with one attached hydrogen (secondary N) is 1. The second-order valence-corrected chi connectivity index (χ2v) is 7.99. The lowest BCUT2D eigenvalue weighted by molar-refractivity contribution is -0.895. The Hall–Kier alpha value is -3.23. The van der Waals surface area contributed by atoms with Crippen LogP contribution in [0.15, 0.2) is 54.1 Å². The average molecular weight is 459 g/mol. The normalized spacial score (nSPS) is 17.9. The monoisotopic (exact) mass is 458 g/mol. The van der Waals surface area contributed by atoms with Crippen LogP contribution in [0.2, 0.25) is 5.02 Å². The number of nitro benzene ring substituents is 1. The number of nitro groups is 1. The Bertz CT molecular complexity index is 1050. The van der Waals surface area contributed by atoms with Gasteiger partial charge in [0.25, 0.3) is 17.4 Å². The van der Waals surface area contributed by atoms with Gasteiger partial charge in [-0.2, -0.15) is 0 Å². The molecule has 0 spiro atoms. The molecule has 0 unspecified atom stereocenters. The number of likely N-dealkylation sites (tertiary alicyclic amines) is 1. The summed E-state index contributed by atoms with van der Waals surface area (Å²) in [6.45, 7) is 6.76. The lowest BCUT2D eigenvalue weighted by atomic mass is 9.95. The lowest BCUT2D eigenvalue weighted by Crippen LogP contribution is -3.12. The van der Waals surface area contributed by atoms with E-state index in [-0.39, 0.29) is 17.0 Å². The van der Waals surface area contributed by atoms with Gasteiger partial charge in [0.1, 0.15) is 5.76 Å². The van der Waals surface area contributed by atoms with Crippen LogP contribution in [-0.2, 0) is 9.59 Å². The third kappa shape index (κ3) is 4.66. The molecule has 1 aliphatic rings. The van der Waals surface area contributed by atoms with Crippen molar-refractivity contribution >= 4 is 34.7 Å². The van der Waals surface area contributed by atoms with Gasteiger partial charge in [-0.15, -0.1) is 0 Å². The highest BCUT2D eigenvalue weighted by Crippen LogP contribution is 2.39. The molecule has 1 fully saturated rings. The number of non-ortho nitro benzene ring substituents is 1. The molecule has 2 aromatic carbocycles. The summed E-state index contributed by atoms with van der Waals surface area (Å²) in [7, 11) is 0. The van der Waals surface area contributed by atoms with Gasteiger partial charge < -0.3 is 14.9 Å². The average Bonchev–Trinajstić information content (AvgIpc) is 3.04. The molecule has 2 N–H and O–H groups in total. The fourth-order valence-corrected chi connectivity index (χ4v) is 4.01. The molecular weight excluding hydrogens is 434 g/mol. The van der Waals surface area contributed by atoms with E-state index in [4.69, 9.17) is 11.6 Å². The number of nitrogens with zero attached hydrogens (tertiary/aromatic N) is 2. The van der Waals surface area contributed by atoms with E-state index in [0.717, 1.165) is 13.1 Å². The Labute approximate surface area is 190 Å². The number of halogens is 1. The summed E-state index contributed by atoms with van der Waals surface area (Å²) in [5.41, 5.74) is 0.727. The number of hydrogen-bond acceptors (Lipinski definition) is 5. The highest BCUT2D eigenvalue weighted by molar-refractivity contribution is 6.46. The van der Waals surface area contributed by atoms with Crippen LogP contribution >= 0.6 is 11.6 Å². The topological polar surface area (TPSA) is 105 Å². The first kappa shape index (κ1) is 23.4. The number of carbonyl (C=O) groups is 2. The van der Waals surface area contributed by atoms with E-state index in [2.05, 4.69) is 0 Å². The van der Waals surface area contributed by atoms with Crippen molar-refractivity contribution in [3.05, 3.63) is 80.4 Å². The van der Waals surface area contributed by atoms with E-state index in [0.29, 0.717) is 29.2 Å². The summed E-state index contributed by atoms with van der Waals surface area (Å²) in [5.74, 6) is -1.79. The predicted molar refractivity (Wildman–Crippen MR) is 120 cm³/mol. The van der Waals surface area contributed by atoms with E-state index in [1.807, 2.05) is 13.8 Å². The molecule has 1 amide bonds. The van der Waals surface area contributed by atoms with Gasteiger partial charge >= 0.3 is 0 Å². The van der Waals surface area contributed by atoms with Gasteiger partial charge in [0.2, 0.25) is 0 Å². The van der Waals surface area contributed by atoms with Crippen molar-refractivity contribution in [2.45, 2.75) is 19.9 Å². The summed E-state index contributed by atoms with van der Waals surface area (Å²) in [6.07, 6.45) is 0. The standard InChI is InChI=1S/C23H24ClN3O5/c1-3-25(4-2)13-14-26-20(15-7-11-18(12-8-15)27(31)32)19(22(29)23(26)30)21(28)16-5-9-17(24)10-6-16/h5-12,20,28H,3-4,13-14H2,1-2H3/p+1/t20-/m1/s1. The molecule has 0 radical (unpaired) electrons. The zero-order valence-corrected chi connectivity index (χ0v) is 18.6. The predicted octanol–water partition coefficient (Wildman–Crippen LogP) is 2.59. The summed E-state index contributed by atoms with van der Waals surface area (Å²) >= 11 is 5.93. The molecule has 2 aromatic rings. The molecule has 0 aromatic heterocycles. The fourth-order valence-electron chi connectivity index (χ4n) is 3.88. The van der Waals surface area contributed by atoms with Crippen molar-refractivity contribution in [1.29, 1.82) is 0 Å². The third-order valence-electron chi connectivity index (χ3n) is 5.78. The van der Waals surface area contributed by atoms with Crippen molar-refractivity contribution in [3.63, 3.8) is 0 Å². The molecule has 32 heavy (non-hydrogen) atoms. The van der Waals surface area contributed by atoms with Crippen molar-refractivity contribution in [3.8, 4) is 0 Å². The number of ketones is 1. The van der Waals surface area contributed by atoms with E-state index in [9.17, 15) is 24.8 Å². The first-order valence-electron chi connectivity index (χ1n) is 10.4. The molecule has 0 aliphatic carbocycles. The number of quaternary nitrogens is 1. The SMILES string of the molecule is CC[NH+](CC)CCN1C(=O)C(=O)C(=C(O)c2ccc(Cl)cc2)[C@H]1c1ccc([N+](=O)[O-])cc1. The molecule has 1 aliphatic heterocycles. The van der Waals surface area contributed by atoms with Crippen molar-refractivity contribution in [2.75, 3.05) is 26.2 Å². The van der Waals surface area contributed by atoms with Crippen LogP contribution in [0, 0.1) is 10.1 Å². The fraction of sp³-hybridized carbons (Fsp3) is 0.304. The Morgan fingerprint density at radius 1 is 1.09 bits per heavy atom. The molecule has 1 atom stereocenters. The molecular formula is C23H25ClN3O5+. The molecule has 1 heterocycles. The minimum absolute atomic E-state index is 0.0410. The van der Waals surface area contributed by atoms with E-state index >= 15 is 0 Å². The van der Waals surface area contributed by atoms with Crippen LogP contribution < -0.4 is 4.90 Å². The zero-order chi connectivity index (χ0) is 23.4. The summed E-state index contributed by atoms with van der Waals surface area (Å²) < 4.78 is 0. The van der Waals surface area contributed by atoms with E-state index in [1.165, 1.54) is 34.1 Å². The first-order chi connectivity index (χ1) is 15.3. The van der Waals surface area contributed by atoms with Gasteiger partial charge in [0.15, 0.2) is 0 Å². The van der Waals surface area contributed by atoms with Crippen molar-refractivity contribution in [1.82, 2.24) is 4.90 Å². The maximum Gasteiger partial charge on any atom is 0.295 e. The quantitative estimate of drug-likeness (QED) is 0.208. The number of benzene rings is 2. The molecule has 0 bridgehead atoms. The Balaban J connectivity index is 2.10. The zero-order valence-electron chi connectivity index (χ0n) is 17.9. The summed E-state index contributed by atoms with van der Waals surface area (Å²) in [5, 5.41) is 22.5. The molecule has 1 saturated heterocycles. The Morgan fingerprint density at radius 2 is 1.69 bits per heavy atom. The van der Waals surface area contributed by atoms with E-state index in [1.54, 1.807) is 24.3 Å². The number of amides is 1. The van der Waals surface area contributed by atoms with Crippen LogP contribution in [0.1, 0.15) is 31.0 Å². The number of rotatable bonds is 8. The number of hydrogen-bond donors (Lipinski definition) is 2. The van der Waals surface area contributed by atoms with Crippen LogP contribution in [-0.4, -0.2) is 52.8 Å². The maximum atomic E-state index is 13.0. The molecule has 9 heteroatoms. The lowest BCUT2D eigenvalue weighted by Gasteiger charge is -2.26. The highest BCUT2D eigenvalue weighted by atomic mass is 35.5. The first-order valence-corrected chi connectivity index (χ1v) is 10.8. The number of Topliss-reactive ketones (excluding diaryl/α,β-unsaturated/α-hetero) is 1. The number of carbonyl (C=O) groups excluding carboxylic acids is 2.